The number of benzene rings is 1. The quantitative estimate of drug-likeness (QED) is 0.444. The molecule has 0 aliphatic heterocycles. The maximum absolute atomic E-state index is 11.2. The fourth-order valence-electron chi connectivity index (χ4n) is 1.32. The molecule has 0 aliphatic carbocycles. The molecule has 0 radical (unpaired) electrons. The van der Waals surface area contributed by atoms with Crippen LogP contribution in [0.15, 0.2) is 18.2 Å². The van der Waals surface area contributed by atoms with E-state index in [1.54, 1.807) is 18.2 Å². The number of carbonyl (C=O) groups excluding carboxylic acids is 2. The van der Waals surface area contributed by atoms with Crippen molar-refractivity contribution in [3.05, 3.63) is 29.3 Å². The van der Waals surface area contributed by atoms with E-state index >= 15 is 0 Å². The zero-order valence-electron chi connectivity index (χ0n) is 9.57. The zero-order chi connectivity index (χ0) is 12.1. The summed E-state index contributed by atoms with van der Waals surface area (Å²) in [6, 6.07) is 4.90. The van der Waals surface area contributed by atoms with E-state index in [1.165, 1.54) is 21.0 Å². The summed E-state index contributed by atoms with van der Waals surface area (Å²) in [5.41, 5.74) is 1.26. The molecule has 0 heterocycles. The second kappa shape index (κ2) is 5.42. The van der Waals surface area contributed by atoms with E-state index in [0.29, 0.717) is 23.5 Å². The molecule has 1 aromatic carbocycles. The summed E-state index contributed by atoms with van der Waals surface area (Å²) in [6.07, 6.45) is 0. The Labute approximate surface area is 94.2 Å². The van der Waals surface area contributed by atoms with Crippen molar-refractivity contribution in [1.82, 2.24) is 0 Å². The van der Waals surface area contributed by atoms with Crippen LogP contribution in [0, 0.1) is 0 Å². The maximum atomic E-state index is 11.2. The second-order valence-corrected chi connectivity index (χ2v) is 3.41. The number of hydrogen-bond donors (Lipinski definition) is 0. The van der Waals surface area contributed by atoms with E-state index in [-0.39, 0.29) is 5.78 Å². The van der Waals surface area contributed by atoms with Crippen molar-refractivity contribution < 1.29 is 19.1 Å². The van der Waals surface area contributed by atoms with Gasteiger partial charge in [0.25, 0.3) is 0 Å². The van der Waals surface area contributed by atoms with Gasteiger partial charge in [-0.2, -0.15) is 0 Å². The van der Waals surface area contributed by atoms with Crippen LogP contribution in [0.5, 0.6) is 5.75 Å². The van der Waals surface area contributed by atoms with Crippen LogP contribution < -0.4 is 4.74 Å². The molecule has 4 heteroatoms. The van der Waals surface area contributed by atoms with Gasteiger partial charge in [-0.15, -0.1) is 0 Å². The molecule has 0 aliphatic rings. The standard InChI is InChI=1S/C12H14O4/c1-8(13)10-4-5-12(16-9(2)14)11(6-10)7-15-3/h4-6H,7H2,1-3H3. The van der Waals surface area contributed by atoms with Gasteiger partial charge in [0.1, 0.15) is 5.75 Å². The van der Waals surface area contributed by atoms with E-state index in [4.69, 9.17) is 9.47 Å². The minimum atomic E-state index is -0.395. The number of methoxy groups -OCH3 is 1. The lowest BCUT2D eigenvalue weighted by atomic mass is 10.1. The van der Waals surface area contributed by atoms with Gasteiger partial charge in [-0.1, -0.05) is 0 Å². The Morgan fingerprint density at radius 2 is 1.94 bits per heavy atom. The molecule has 0 fully saturated rings. The lowest BCUT2D eigenvalue weighted by molar-refractivity contribution is -0.131. The Hall–Kier alpha value is -1.68. The van der Waals surface area contributed by atoms with E-state index < -0.39 is 5.97 Å². The summed E-state index contributed by atoms with van der Waals surface area (Å²) in [5.74, 6) is -0.000920. The Morgan fingerprint density at radius 3 is 2.44 bits per heavy atom. The number of esters is 1. The number of carbonyl (C=O) groups is 2. The van der Waals surface area contributed by atoms with Crippen molar-refractivity contribution in [2.75, 3.05) is 7.11 Å². The molecule has 0 aromatic heterocycles. The van der Waals surface area contributed by atoms with Crippen molar-refractivity contribution in [2.45, 2.75) is 20.5 Å². The first kappa shape index (κ1) is 12.4. The highest BCUT2D eigenvalue weighted by Gasteiger charge is 2.09. The van der Waals surface area contributed by atoms with Gasteiger partial charge in [0.15, 0.2) is 5.78 Å². The summed E-state index contributed by atoms with van der Waals surface area (Å²) in [4.78, 5) is 22.0. The van der Waals surface area contributed by atoms with E-state index in [0.717, 1.165) is 0 Å². The molecule has 4 nitrogen and oxygen atoms in total. The first-order chi connectivity index (χ1) is 7.54. The largest absolute Gasteiger partial charge is 0.426 e. The van der Waals surface area contributed by atoms with Crippen molar-refractivity contribution in [2.24, 2.45) is 0 Å². The van der Waals surface area contributed by atoms with Crippen LogP contribution in [0.4, 0.5) is 0 Å². The predicted molar refractivity (Wildman–Crippen MR) is 58.5 cm³/mol. The fourth-order valence-corrected chi connectivity index (χ4v) is 1.32. The number of ether oxygens (including phenoxy) is 2. The van der Waals surface area contributed by atoms with Gasteiger partial charge in [0.05, 0.1) is 6.61 Å². The topological polar surface area (TPSA) is 52.6 Å². The predicted octanol–water partition coefficient (Wildman–Crippen LogP) is 1.96. The van der Waals surface area contributed by atoms with Crippen LogP contribution in [0.1, 0.15) is 29.8 Å². The molecule has 0 spiro atoms. The number of ketones is 1. The van der Waals surface area contributed by atoms with E-state index in [2.05, 4.69) is 0 Å². The van der Waals surface area contributed by atoms with Gasteiger partial charge in [-0.25, -0.2) is 0 Å². The summed E-state index contributed by atoms with van der Waals surface area (Å²) in [6.45, 7) is 3.11. The summed E-state index contributed by atoms with van der Waals surface area (Å²) in [7, 11) is 1.54. The van der Waals surface area contributed by atoms with Crippen molar-refractivity contribution in [3.8, 4) is 5.75 Å². The summed E-state index contributed by atoms with van der Waals surface area (Å²) < 4.78 is 9.98. The van der Waals surface area contributed by atoms with Crippen LogP contribution >= 0.6 is 0 Å². The highest BCUT2D eigenvalue weighted by Crippen LogP contribution is 2.21. The third-order valence-corrected chi connectivity index (χ3v) is 2.02. The van der Waals surface area contributed by atoms with Crippen molar-refractivity contribution >= 4 is 11.8 Å². The Bertz CT molecular complexity index is 409. The number of hydrogen-bond acceptors (Lipinski definition) is 4. The minimum absolute atomic E-state index is 0.0354. The van der Waals surface area contributed by atoms with Crippen molar-refractivity contribution in [3.63, 3.8) is 0 Å². The van der Waals surface area contributed by atoms with Gasteiger partial charge < -0.3 is 9.47 Å². The van der Waals surface area contributed by atoms with Gasteiger partial charge in [0, 0.05) is 25.2 Å². The molecule has 0 N–H and O–H groups in total. The van der Waals surface area contributed by atoms with E-state index in [1.807, 2.05) is 0 Å². The average molecular weight is 222 g/mol. The lowest BCUT2D eigenvalue weighted by Crippen LogP contribution is -2.05. The molecule has 0 amide bonds. The van der Waals surface area contributed by atoms with Crippen LogP contribution in [-0.2, 0) is 16.1 Å². The molecule has 0 atom stereocenters. The molecular weight excluding hydrogens is 208 g/mol. The normalized spacial score (nSPS) is 9.94. The highest BCUT2D eigenvalue weighted by molar-refractivity contribution is 5.94. The molecule has 0 saturated carbocycles. The first-order valence-electron chi connectivity index (χ1n) is 4.86. The molecule has 0 saturated heterocycles. The molecule has 1 rings (SSSR count). The van der Waals surface area contributed by atoms with Crippen LogP contribution in [0.25, 0.3) is 0 Å². The summed E-state index contributed by atoms with van der Waals surface area (Å²) in [5, 5.41) is 0. The van der Waals surface area contributed by atoms with Crippen molar-refractivity contribution in [1.29, 1.82) is 0 Å². The molecule has 0 unspecified atom stereocenters. The molecule has 16 heavy (non-hydrogen) atoms. The van der Waals surface area contributed by atoms with Gasteiger partial charge >= 0.3 is 5.97 Å². The third-order valence-electron chi connectivity index (χ3n) is 2.02. The van der Waals surface area contributed by atoms with Crippen LogP contribution in [0.3, 0.4) is 0 Å². The number of Topliss-reactive ketones (excluding diaryl/α,β-unsaturated/α-hetero) is 1. The van der Waals surface area contributed by atoms with Crippen LogP contribution in [0.2, 0.25) is 0 Å². The molecule has 86 valence electrons. The third kappa shape index (κ3) is 3.17. The maximum Gasteiger partial charge on any atom is 0.308 e. The summed E-state index contributed by atoms with van der Waals surface area (Å²) >= 11 is 0. The number of rotatable bonds is 4. The fraction of sp³-hybridized carbons (Fsp3) is 0.333. The smallest absolute Gasteiger partial charge is 0.308 e. The highest BCUT2D eigenvalue weighted by atomic mass is 16.5. The molecule has 1 aromatic rings. The Morgan fingerprint density at radius 1 is 1.25 bits per heavy atom. The van der Waals surface area contributed by atoms with Gasteiger partial charge in [-0.3, -0.25) is 9.59 Å². The monoisotopic (exact) mass is 222 g/mol. The first-order valence-corrected chi connectivity index (χ1v) is 4.86. The minimum Gasteiger partial charge on any atom is -0.426 e. The van der Waals surface area contributed by atoms with Gasteiger partial charge in [0.2, 0.25) is 0 Å². The molecule has 0 bridgehead atoms. The second-order valence-electron chi connectivity index (χ2n) is 3.41. The van der Waals surface area contributed by atoms with Crippen LogP contribution in [-0.4, -0.2) is 18.9 Å². The molecular formula is C12H14O4. The van der Waals surface area contributed by atoms with E-state index in [9.17, 15) is 9.59 Å². The lowest BCUT2D eigenvalue weighted by Gasteiger charge is -2.09. The average Bonchev–Trinajstić information content (AvgIpc) is 2.20. The zero-order valence-corrected chi connectivity index (χ0v) is 9.57. The SMILES string of the molecule is COCc1cc(C(C)=O)ccc1OC(C)=O. The van der Waals surface area contributed by atoms with Gasteiger partial charge in [-0.05, 0) is 25.1 Å². The Kier molecular flexibility index (Phi) is 4.19. The Balaban J connectivity index is 3.08.